The zero-order valence-electron chi connectivity index (χ0n) is 20.0. The molecule has 1 aromatic heterocycles. The van der Waals surface area contributed by atoms with Crippen LogP contribution < -0.4 is 0 Å². The first kappa shape index (κ1) is 22.4. The Balaban J connectivity index is 1.21. The molecule has 6 rings (SSSR count). The number of pyridine rings is 1. The number of rotatable bonds is 4. The van der Waals surface area contributed by atoms with Crippen molar-refractivity contribution in [1.82, 2.24) is 14.8 Å². The van der Waals surface area contributed by atoms with Crippen molar-refractivity contribution in [3.8, 4) is 0 Å². The molecule has 6 heteroatoms. The van der Waals surface area contributed by atoms with E-state index in [0.717, 1.165) is 54.5 Å². The van der Waals surface area contributed by atoms with Gasteiger partial charge in [0.1, 0.15) is 0 Å². The van der Waals surface area contributed by atoms with Crippen LogP contribution in [0.2, 0.25) is 5.02 Å². The average molecular weight is 485 g/mol. The van der Waals surface area contributed by atoms with Gasteiger partial charge in [-0.2, -0.15) is 0 Å². The van der Waals surface area contributed by atoms with Crippen molar-refractivity contribution in [2.75, 3.05) is 13.1 Å². The Morgan fingerprint density at radius 1 is 1.06 bits per heavy atom. The lowest BCUT2D eigenvalue weighted by Crippen LogP contribution is -2.51. The van der Waals surface area contributed by atoms with Gasteiger partial charge in [0, 0.05) is 53.7 Å². The monoisotopic (exact) mass is 484 g/mol. The summed E-state index contributed by atoms with van der Waals surface area (Å²) in [6.45, 7) is 6.25. The summed E-state index contributed by atoms with van der Waals surface area (Å²) in [5, 5.41) is 0.765. The van der Waals surface area contributed by atoms with Gasteiger partial charge >= 0.3 is 0 Å². The quantitative estimate of drug-likeness (QED) is 0.526. The molecule has 5 nitrogen and oxygen atoms in total. The second kappa shape index (κ2) is 9.21. The SMILES string of the molecule is Cc1cc(C2=NCc3cc4c(cc32)CN([C@@H]2CCCN(Cc3ccc(Cl)cc3)C2)C(=O)C4)ccn1. The lowest BCUT2D eigenvalue weighted by Gasteiger charge is -2.41. The first-order chi connectivity index (χ1) is 17.0. The minimum Gasteiger partial charge on any atom is -0.334 e. The second-order valence-corrected chi connectivity index (χ2v) is 10.4. The minimum absolute atomic E-state index is 0.250. The third-order valence-corrected chi connectivity index (χ3v) is 7.75. The van der Waals surface area contributed by atoms with Crippen molar-refractivity contribution >= 4 is 23.2 Å². The highest BCUT2D eigenvalue weighted by Crippen LogP contribution is 2.32. The molecular weight excluding hydrogens is 456 g/mol. The van der Waals surface area contributed by atoms with Crippen LogP contribution in [0, 0.1) is 6.92 Å². The average Bonchev–Trinajstić information content (AvgIpc) is 3.26. The van der Waals surface area contributed by atoms with Crippen molar-refractivity contribution < 1.29 is 4.79 Å². The highest BCUT2D eigenvalue weighted by molar-refractivity contribution is 6.30. The van der Waals surface area contributed by atoms with Gasteiger partial charge in [0.2, 0.25) is 5.91 Å². The molecule has 0 bridgehead atoms. The molecule has 4 heterocycles. The van der Waals surface area contributed by atoms with Gasteiger partial charge < -0.3 is 4.90 Å². The number of halogens is 1. The van der Waals surface area contributed by atoms with E-state index in [2.05, 4.69) is 45.1 Å². The van der Waals surface area contributed by atoms with E-state index in [1.165, 1.54) is 27.8 Å². The Morgan fingerprint density at radius 3 is 2.74 bits per heavy atom. The molecule has 1 amide bonds. The number of hydrogen-bond acceptors (Lipinski definition) is 4. The zero-order chi connectivity index (χ0) is 23.9. The summed E-state index contributed by atoms with van der Waals surface area (Å²) in [5.74, 6) is 0.250. The van der Waals surface area contributed by atoms with E-state index in [9.17, 15) is 4.79 Å². The maximum atomic E-state index is 13.2. The number of piperidine rings is 1. The highest BCUT2D eigenvalue weighted by atomic mass is 35.5. The van der Waals surface area contributed by atoms with Crippen molar-refractivity contribution in [3.63, 3.8) is 0 Å². The number of fused-ring (bicyclic) bond motifs is 2. The van der Waals surface area contributed by atoms with Crippen LogP contribution in [-0.2, 0) is 30.8 Å². The predicted octanol–water partition coefficient (Wildman–Crippen LogP) is 4.94. The van der Waals surface area contributed by atoms with Gasteiger partial charge in [-0.1, -0.05) is 29.8 Å². The number of aliphatic imine (C=N–C) groups is 1. The fraction of sp³-hybridized carbons (Fsp3) is 0.345. The van der Waals surface area contributed by atoms with E-state index >= 15 is 0 Å². The van der Waals surface area contributed by atoms with Gasteiger partial charge in [0.05, 0.1) is 18.7 Å². The zero-order valence-corrected chi connectivity index (χ0v) is 20.8. The molecule has 0 saturated carbocycles. The summed E-state index contributed by atoms with van der Waals surface area (Å²) in [5.41, 5.74) is 9.28. The van der Waals surface area contributed by atoms with E-state index in [1.807, 2.05) is 31.3 Å². The highest BCUT2D eigenvalue weighted by Gasteiger charge is 2.33. The summed E-state index contributed by atoms with van der Waals surface area (Å²) >= 11 is 6.05. The van der Waals surface area contributed by atoms with E-state index in [-0.39, 0.29) is 11.9 Å². The lowest BCUT2D eigenvalue weighted by molar-refractivity contribution is -0.135. The second-order valence-electron chi connectivity index (χ2n) is 9.98. The van der Waals surface area contributed by atoms with Crippen molar-refractivity contribution in [3.05, 3.63) is 98.8 Å². The van der Waals surface area contributed by atoms with Gasteiger partial charge in [-0.25, -0.2) is 0 Å². The number of aromatic nitrogens is 1. The van der Waals surface area contributed by atoms with Gasteiger partial charge in [-0.05, 0) is 78.9 Å². The third-order valence-electron chi connectivity index (χ3n) is 7.50. The molecule has 0 N–H and O–H groups in total. The van der Waals surface area contributed by atoms with E-state index in [4.69, 9.17) is 16.6 Å². The summed E-state index contributed by atoms with van der Waals surface area (Å²) in [6.07, 6.45) is 4.51. The molecule has 3 aliphatic rings. The number of carbonyl (C=O) groups excluding carboxylic acids is 1. The third kappa shape index (κ3) is 4.51. The molecule has 1 fully saturated rings. The largest absolute Gasteiger partial charge is 0.334 e. The van der Waals surface area contributed by atoms with Crippen molar-refractivity contribution in [2.24, 2.45) is 4.99 Å². The first-order valence-electron chi connectivity index (χ1n) is 12.4. The maximum absolute atomic E-state index is 13.2. The molecule has 35 heavy (non-hydrogen) atoms. The van der Waals surface area contributed by atoms with E-state index in [0.29, 0.717) is 19.5 Å². The fourth-order valence-corrected chi connectivity index (χ4v) is 5.86. The molecule has 0 unspecified atom stereocenters. The number of amides is 1. The van der Waals surface area contributed by atoms with Gasteiger partial charge in [0.15, 0.2) is 0 Å². The van der Waals surface area contributed by atoms with Gasteiger partial charge in [0.25, 0.3) is 0 Å². The molecule has 178 valence electrons. The van der Waals surface area contributed by atoms with Crippen LogP contribution in [0.4, 0.5) is 0 Å². The smallest absolute Gasteiger partial charge is 0.227 e. The molecule has 0 spiro atoms. The number of benzene rings is 2. The topological polar surface area (TPSA) is 48.8 Å². The molecular formula is C29H29ClN4O. The first-order valence-corrected chi connectivity index (χ1v) is 12.8. The Bertz CT molecular complexity index is 1320. The Labute approximate surface area is 211 Å². The molecule has 2 aromatic carbocycles. The fourth-order valence-electron chi connectivity index (χ4n) is 5.74. The van der Waals surface area contributed by atoms with Crippen LogP contribution in [0.15, 0.2) is 59.7 Å². The molecule has 0 aliphatic carbocycles. The summed E-state index contributed by atoms with van der Waals surface area (Å²) in [7, 11) is 0. The van der Waals surface area contributed by atoms with Crippen LogP contribution >= 0.6 is 11.6 Å². The summed E-state index contributed by atoms with van der Waals surface area (Å²) < 4.78 is 0. The van der Waals surface area contributed by atoms with Crippen molar-refractivity contribution in [1.29, 1.82) is 0 Å². The molecule has 0 radical (unpaired) electrons. The Morgan fingerprint density at radius 2 is 1.91 bits per heavy atom. The van der Waals surface area contributed by atoms with Crippen LogP contribution in [0.5, 0.6) is 0 Å². The Kier molecular flexibility index (Phi) is 5.91. The standard InChI is InChI=1S/C29H29ClN4O/c1-19-11-21(8-9-31-19)29-27-13-24-17-34(28(35)14-22(24)12-23(27)15-32-29)26-3-2-10-33(18-26)16-20-4-6-25(30)7-5-20/h4-9,11-13,26H,2-3,10,14-18H2,1H3/t26-/m1/s1. The molecule has 1 saturated heterocycles. The molecule has 1 atom stereocenters. The summed E-state index contributed by atoms with van der Waals surface area (Å²) in [4.78, 5) is 27.0. The predicted molar refractivity (Wildman–Crippen MR) is 139 cm³/mol. The van der Waals surface area contributed by atoms with Crippen LogP contribution in [0.1, 0.15) is 51.9 Å². The van der Waals surface area contributed by atoms with Gasteiger partial charge in [-0.15, -0.1) is 0 Å². The number of nitrogens with zero attached hydrogens (tertiary/aromatic N) is 4. The molecule has 3 aliphatic heterocycles. The Hall–Kier alpha value is -3.02. The van der Waals surface area contributed by atoms with E-state index in [1.54, 1.807) is 0 Å². The number of hydrogen-bond donors (Lipinski definition) is 0. The minimum atomic E-state index is 0.250. The van der Waals surface area contributed by atoms with E-state index < -0.39 is 0 Å². The van der Waals surface area contributed by atoms with Crippen LogP contribution in [0.25, 0.3) is 0 Å². The van der Waals surface area contributed by atoms with Crippen molar-refractivity contribution in [2.45, 2.75) is 51.9 Å². The number of carbonyl (C=O) groups is 1. The van der Waals surface area contributed by atoms with Crippen LogP contribution in [0.3, 0.4) is 0 Å². The maximum Gasteiger partial charge on any atom is 0.227 e. The van der Waals surface area contributed by atoms with Crippen LogP contribution in [-0.4, -0.2) is 45.5 Å². The summed E-state index contributed by atoms with van der Waals surface area (Å²) in [6, 6.07) is 17.0. The lowest BCUT2D eigenvalue weighted by atomic mass is 9.90. The number of aryl methyl sites for hydroxylation is 1. The molecule has 3 aromatic rings. The van der Waals surface area contributed by atoms with Gasteiger partial charge in [-0.3, -0.25) is 19.7 Å². The normalized spacial score (nSPS) is 19.9. The number of likely N-dealkylation sites (tertiary alicyclic amines) is 1.